The van der Waals surface area contributed by atoms with E-state index in [4.69, 9.17) is 9.47 Å². The summed E-state index contributed by atoms with van der Waals surface area (Å²) in [6, 6.07) is 12.4. The minimum Gasteiger partial charge on any atom is -0.507 e. The Morgan fingerprint density at radius 3 is 2.31 bits per heavy atom. The quantitative estimate of drug-likeness (QED) is 0.240. The van der Waals surface area contributed by atoms with Crippen molar-refractivity contribution in [2.45, 2.75) is 26.3 Å². The molecule has 1 atom stereocenters. The molecule has 1 saturated heterocycles. The number of hydrogen-bond acceptors (Lipinski definition) is 7. The van der Waals surface area contributed by atoms with E-state index < -0.39 is 23.7 Å². The first-order chi connectivity index (χ1) is 16.9. The molecule has 2 aromatic carbocycles. The molecule has 186 valence electrons. The van der Waals surface area contributed by atoms with Crippen LogP contribution in [0.5, 0.6) is 5.75 Å². The first-order valence-corrected chi connectivity index (χ1v) is 11.7. The third-order valence-corrected chi connectivity index (χ3v) is 6.30. The number of ether oxygens (including phenoxy) is 2. The van der Waals surface area contributed by atoms with E-state index in [9.17, 15) is 19.5 Å². The number of aliphatic hydroxyl groups is 1. The molecule has 2 aromatic rings. The van der Waals surface area contributed by atoms with E-state index in [1.165, 1.54) is 19.1 Å². The van der Waals surface area contributed by atoms with Crippen molar-refractivity contribution in [2.24, 2.45) is 0 Å². The van der Waals surface area contributed by atoms with Crippen molar-refractivity contribution in [2.75, 3.05) is 40.4 Å². The molecule has 1 heterocycles. The van der Waals surface area contributed by atoms with Crippen molar-refractivity contribution < 1.29 is 29.0 Å². The second-order valence-electron chi connectivity index (χ2n) is 8.22. The normalized spacial score (nSPS) is 17.2. The zero-order chi connectivity index (χ0) is 25.5. The summed E-state index contributed by atoms with van der Waals surface area (Å²) in [5.41, 5.74) is 1.35. The average molecular weight is 481 g/mol. The molecule has 1 N–H and O–H groups in total. The molecule has 1 amide bonds. The van der Waals surface area contributed by atoms with Gasteiger partial charge in [-0.15, -0.1) is 0 Å². The molecule has 8 nitrogen and oxygen atoms in total. The Kier molecular flexibility index (Phi) is 8.65. The van der Waals surface area contributed by atoms with Gasteiger partial charge in [0.05, 0.1) is 31.4 Å². The number of ketones is 1. The lowest BCUT2D eigenvalue weighted by atomic mass is 9.94. The van der Waals surface area contributed by atoms with Crippen LogP contribution in [-0.2, 0) is 14.3 Å². The Balaban J connectivity index is 2.05. The Morgan fingerprint density at radius 2 is 1.71 bits per heavy atom. The summed E-state index contributed by atoms with van der Waals surface area (Å²) in [7, 11) is 2.81. The zero-order valence-electron chi connectivity index (χ0n) is 20.6. The van der Waals surface area contributed by atoms with Crippen LogP contribution in [0.1, 0.15) is 47.8 Å². The molecular weight excluding hydrogens is 448 g/mol. The Labute approximate surface area is 205 Å². The fourth-order valence-electron chi connectivity index (χ4n) is 4.31. The van der Waals surface area contributed by atoms with Gasteiger partial charge >= 0.3 is 5.97 Å². The molecule has 0 spiro atoms. The SMILES string of the molecule is CCN(CC)CCCN1C(=O)C(=O)C(=C(O)c2cccc(OC)c2)[C@@H]1c1ccc(C(=O)OC)cc1. The third-order valence-electron chi connectivity index (χ3n) is 6.30. The highest BCUT2D eigenvalue weighted by Crippen LogP contribution is 2.40. The monoisotopic (exact) mass is 480 g/mol. The van der Waals surface area contributed by atoms with Crippen LogP contribution in [0.2, 0.25) is 0 Å². The summed E-state index contributed by atoms with van der Waals surface area (Å²) < 4.78 is 10.0. The lowest BCUT2D eigenvalue weighted by Gasteiger charge is -2.27. The number of benzene rings is 2. The van der Waals surface area contributed by atoms with Crippen LogP contribution in [0.15, 0.2) is 54.1 Å². The van der Waals surface area contributed by atoms with Gasteiger partial charge in [0.2, 0.25) is 0 Å². The van der Waals surface area contributed by atoms with Crippen LogP contribution in [0, 0.1) is 0 Å². The zero-order valence-corrected chi connectivity index (χ0v) is 20.6. The molecule has 0 unspecified atom stereocenters. The number of likely N-dealkylation sites (tertiary alicyclic amines) is 1. The first-order valence-electron chi connectivity index (χ1n) is 11.7. The predicted molar refractivity (Wildman–Crippen MR) is 132 cm³/mol. The number of carbonyl (C=O) groups is 3. The summed E-state index contributed by atoms with van der Waals surface area (Å²) in [4.78, 5) is 41.9. The molecule has 1 aliphatic rings. The van der Waals surface area contributed by atoms with Gasteiger partial charge < -0.3 is 24.4 Å². The smallest absolute Gasteiger partial charge is 0.337 e. The summed E-state index contributed by atoms with van der Waals surface area (Å²) in [6.45, 7) is 7.06. The van der Waals surface area contributed by atoms with Gasteiger partial charge in [0.25, 0.3) is 11.7 Å². The molecule has 0 aliphatic carbocycles. The van der Waals surface area contributed by atoms with Crippen molar-refractivity contribution >= 4 is 23.4 Å². The lowest BCUT2D eigenvalue weighted by Crippen LogP contribution is -2.33. The van der Waals surface area contributed by atoms with Crippen LogP contribution in [-0.4, -0.2) is 73.0 Å². The number of nitrogens with zero attached hydrogens (tertiary/aromatic N) is 2. The van der Waals surface area contributed by atoms with Gasteiger partial charge in [-0.1, -0.05) is 38.1 Å². The third kappa shape index (κ3) is 5.54. The molecule has 3 rings (SSSR count). The number of hydrogen-bond donors (Lipinski definition) is 1. The van der Waals surface area contributed by atoms with Gasteiger partial charge in [0.15, 0.2) is 0 Å². The number of carbonyl (C=O) groups excluding carboxylic acids is 3. The maximum Gasteiger partial charge on any atom is 0.337 e. The molecular formula is C27H32N2O6. The van der Waals surface area contributed by atoms with E-state index in [1.807, 2.05) is 0 Å². The predicted octanol–water partition coefficient (Wildman–Crippen LogP) is 3.64. The number of esters is 1. The highest BCUT2D eigenvalue weighted by molar-refractivity contribution is 6.46. The second kappa shape index (κ2) is 11.7. The van der Waals surface area contributed by atoms with Gasteiger partial charge in [-0.25, -0.2) is 4.79 Å². The maximum atomic E-state index is 13.2. The van der Waals surface area contributed by atoms with Crippen LogP contribution in [0.4, 0.5) is 0 Å². The van der Waals surface area contributed by atoms with Gasteiger partial charge in [0, 0.05) is 12.1 Å². The average Bonchev–Trinajstić information content (AvgIpc) is 3.15. The van der Waals surface area contributed by atoms with Crippen molar-refractivity contribution in [1.29, 1.82) is 0 Å². The molecule has 35 heavy (non-hydrogen) atoms. The van der Waals surface area contributed by atoms with Crippen molar-refractivity contribution in [3.05, 3.63) is 70.8 Å². The van der Waals surface area contributed by atoms with E-state index in [1.54, 1.807) is 48.5 Å². The van der Waals surface area contributed by atoms with E-state index in [0.29, 0.717) is 35.4 Å². The number of aliphatic hydroxyl groups excluding tert-OH is 1. The molecule has 1 aliphatic heterocycles. The number of Topliss-reactive ketones (excluding diaryl/α,β-unsaturated/α-hetero) is 1. The first kappa shape index (κ1) is 26.0. The van der Waals surface area contributed by atoms with Crippen LogP contribution in [0.3, 0.4) is 0 Å². The second-order valence-corrected chi connectivity index (χ2v) is 8.22. The standard InChI is InChI=1S/C27H32N2O6/c1-5-28(6-2)15-8-16-29-23(18-11-13-19(14-12-18)27(33)35-4)22(25(31)26(29)32)24(30)20-9-7-10-21(17-20)34-3/h7,9-14,17,23,30H,5-6,8,15-16H2,1-4H3/t23-/m0/s1. The van der Waals surface area contributed by atoms with Crippen molar-refractivity contribution in [3.8, 4) is 5.75 Å². The molecule has 0 radical (unpaired) electrons. The topological polar surface area (TPSA) is 96.4 Å². The summed E-state index contributed by atoms with van der Waals surface area (Å²) in [5, 5.41) is 11.2. The summed E-state index contributed by atoms with van der Waals surface area (Å²) in [5.74, 6) is -1.63. The molecule has 0 bridgehead atoms. The molecule has 1 fully saturated rings. The highest BCUT2D eigenvalue weighted by Gasteiger charge is 2.45. The van der Waals surface area contributed by atoms with Crippen LogP contribution in [0.25, 0.3) is 5.76 Å². The van der Waals surface area contributed by atoms with Gasteiger partial charge in [-0.2, -0.15) is 0 Å². The van der Waals surface area contributed by atoms with E-state index in [2.05, 4.69) is 18.7 Å². The largest absolute Gasteiger partial charge is 0.507 e. The van der Waals surface area contributed by atoms with Gasteiger partial charge in [-0.3, -0.25) is 9.59 Å². The van der Waals surface area contributed by atoms with Gasteiger partial charge in [-0.05, 0) is 55.9 Å². The van der Waals surface area contributed by atoms with Crippen molar-refractivity contribution in [1.82, 2.24) is 9.80 Å². The lowest BCUT2D eigenvalue weighted by molar-refractivity contribution is -0.140. The van der Waals surface area contributed by atoms with Crippen LogP contribution >= 0.6 is 0 Å². The Morgan fingerprint density at radius 1 is 1.03 bits per heavy atom. The molecule has 8 heteroatoms. The van der Waals surface area contributed by atoms with Gasteiger partial charge in [0.1, 0.15) is 11.5 Å². The van der Waals surface area contributed by atoms with Crippen molar-refractivity contribution in [3.63, 3.8) is 0 Å². The summed E-state index contributed by atoms with van der Waals surface area (Å²) >= 11 is 0. The fraction of sp³-hybridized carbons (Fsp3) is 0.370. The fourth-order valence-corrected chi connectivity index (χ4v) is 4.31. The minimum absolute atomic E-state index is 0.0110. The van der Waals surface area contributed by atoms with E-state index in [0.717, 1.165) is 19.6 Å². The molecule has 0 saturated carbocycles. The van der Waals surface area contributed by atoms with E-state index in [-0.39, 0.29) is 11.3 Å². The van der Waals surface area contributed by atoms with Crippen LogP contribution < -0.4 is 4.74 Å². The Bertz CT molecular complexity index is 1100. The highest BCUT2D eigenvalue weighted by atomic mass is 16.5. The summed E-state index contributed by atoms with van der Waals surface area (Å²) in [6.07, 6.45) is 0.671. The number of rotatable bonds is 10. The maximum absolute atomic E-state index is 13.2. The number of methoxy groups -OCH3 is 2. The number of amides is 1. The molecule has 0 aromatic heterocycles. The van der Waals surface area contributed by atoms with E-state index >= 15 is 0 Å². The Hall–Kier alpha value is -3.65. The minimum atomic E-state index is -0.787.